The molecule has 0 unspecified atom stereocenters. The summed E-state index contributed by atoms with van der Waals surface area (Å²) < 4.78 is 1.78. The van der Waals surface area contributed by atoms with Crippen molar-refractivity contribution in [2.24, 2.45) is 11.3 Å². The SMILES string of the molecule is Cc1ccc(-n2nc(NC(=O)N3C[C@@H]4CCC[C@@]4(C(=O)O)C3)cc2C)cc1. The third kappa shape index (κ3) is 2.97. The molecule has 2 atom stereocenters. The maximum Gasteiger partial charge on any atom is 0.323 e. The topological polar surface area (TPSA) is 87.5 Å². The summed E-state index contributed by atoms with van der Waals surface area (Å²) in [6.07, 6.45) is 2.45. The van der Waals surface area contributed by atoms with Gasteiger partial charge in [-0.15, -0.1) is 5.10 Å². The number of urea groups is 1. The molecule has 1 aliphatic carbocycles. The van der Waals surface area contributed by atoms with Crippen LogP contribution < -0.4 is 5.32 Å². The normalized spacial score (nSPS) is 24.1. The Labute approximate surface area is 158 Å². The fourth-order valence-corrected chi connectivity index (χ4v) is 4.47. The zero-order valence-electron chi connectivity index (χ0n) is 15.6. The van der Waals surface area contributed by atoms with Crippen molar-refractivity contribution in [3.8, 4) is 5.69 Å². The number of nitrogens with one attached hydrogen (secondary N) is 1. The summed E-state index contributed by atoms with van der Waals surface area (Å²) in [6, 6.07) is 9.55. The van der Waals surface area contributed by atoms with E-state index in [0.29, 0.717) is 18.8 Å². The van der Waals surface area contributed by atoms with Gasteiger partial charge in [-0.2, -0.15) is 0 Å². The average Bonchev–Trinajstić information content (AvgIpc) is 3.28. The minimum atomic E-state index is -0.778. The molecule has 2 N–H and O–H groups in total. The number of aromatic nitrogens is 2. The first-order chi connectivity index (χ1) is 12.9. The van der Waals surface area contributed by atoms with Crippen molar-refractivity contribution in [1.82, 2.24) is 14.7 Å². The summed E-state index contributed by atoms with van der Waals surface area (Å²) in [7, 11) is 0. The van der Waals surface area contributed by atoms with Crippen molar-refractivity contribution in [3.05, 3.63) is 41.6 Å². The van der Waals surface area contributed by atoms with Gasteiger partial charge in [-0.3, -0.25) is 10.1 Å². The average molecular weight is 368 g/mol. The van der Waals surface area contributed by atoms with Gasteiger partial charge in [0.25, 0.3) is 0 Å². The lowest BCUT2D eigenvalue weighted by atomic mass is 9.81. The molecule has 0 bridgehead atoms. The van der Waals surface area contributed by atoms with Gasteiger partial charge in [-0.05, 0) is 44.7 Å². The standard InChI is InChI=1S/C20H24N4O3/c1-13-5-7-16(8-6-13)24-14(2)10-17(22-24)21-19(27)23-11-15-4-3-9-20(15,12-23)18(25)26/h5-8,10,15H,3-4,9,11-12H2,1-2H3,(H,25,26)(H,21,22,27)/t15-,20+/m0/s1. The van der Waals surface area contributed by atoms with Crippen molar-refractivity contribution in [2.45, 2.75) is 33.1 Å². The Hall–Kier alpha value is -2.83. The molecule has 2 fully saturated rings. The van der Waals surface area contributed by atoms with E-state index in [1.54, 1.807) is 9.58 Å². The second-order valence-corrected chi connectivity index (χ2v) is 7.78. The summed E-state index contributed by atoms with van der Waals surface area (Å²) in [6.45, 7) is 4.73. The fourth-order valence-electron chi connectivity index (χ4n) is 4.47. The van der Waals surface area contributed by atoms with Crippen LogP contribution in [0.25, 0.3) is 5.69 Å². The van der Waals surface area contributed by atoms with Crippen LogP contribution in [0.4, 0.5) is 10.6 Å². The highest BCUT2D eigenvalue weighted by Gasteiger charge is 2.55. The number of carbonyl (C=O) groups excluding carboxylic acids is 1. The number of nitrogens with zero attached hydrogens (tertiary/aromatic N) is 3. The molecule has 1 aromatic heterocycles. The number of benzene rings is 1. The molecule has 1 saturated heterocycles. The Morgan fingerprint density at radius 1 is 1.26 bits per heavy atom. The Bertz CT molecular complexity index is 889. The number of carboxylic acid groups (broad SMARTS) is 1. The number of rotatable bonds is 3. The molecule has 27 heavy (non-hydrogen) atoms. The van der Waals surface area contributed by atoms with Gasteiger partial charge in [-0.1, -0.05) is 24.1 Å². The van der Waals surface area contributed by atoms with Gasteiger partial charge in [0, 0.05) is 24.8 Å². The van der Waals surface area contributed by atoms with Crippen molar-refractivity contribution in [2.75, 3.05) is 18.4 Å². The molecular formula is C20H24N4O3. The maximum absolute atomic E-state index is 12.7. The quantitative estimate of drug-likeness (QED) is 0.871. The third-order valence-corrected chi connectivity index (χ3v) is 5.98. The zero-order chi connectivity index (χ0) is 19.2. The monoisotopic (exact) mass is 368 g/mol. The van der Waals surface area contributed by atoms with Crippen LogP contribution in [0.15, 0.2) is 30.3 Å². The van der Waals surface area contributed by atoms with E-state index < -0.39 is 11.4 Å². The van der Waals surface area contributed by atoms with E-state index in [-0.39, 0.29) is 18.5 Å². The van der Waals surface area contributed by atoms with Gasteiger partial charge in [0.05, 0.1) is 11.1 Å². The highest BCUT2D eigenvalue weighted by Crippen LogP contribution is 2.48. The van der Waals surface area contributed by atoms with E-state index in [0.717, 1.165) is 24.2 Å². The number of amides is 2. The van der Waals surface area contributed by atoms with Crippen LogP contribution in [0, 0.1) is 25.2 Å². The molecule has 1 saturated carbocycles. The second kappa shape index (κ2) is 6.40. The first-order valence-corrected chi connectivity index (χ1v) is 9.32. The molecule has 7 nitrogen and oxygen atoms in total. The molecule has 2 heterocycles. The van der Waals surface area contributed by atoms with E-state index in [9.17, 15) is 14.7 Å². The van der Waals surface area contributed by atoms with Crippen molar-refractivity contribution in [1.29, 1.82) is 0 Å². The Balaban J connectivity index is 1.49. The van der Waals surface area contributed by atoms with Crippen LogP contribution in [-0.2, 0) is 4.79 Å². The Morgan fingerprint density at radius 3 is 2.67 bits per heavy atom. The maximum atomic E-state index is 12.7. The highest BCUT2D eigenvalue weighted by atomic mass is 16.4. The van der Waals surface area contributed by atoms with Crippen molar-refractivity contribution < 1.29 is 14.7 Å². The minimum Gasteiger partial charge on any atom is -0.481 e. The number of carboxylic acids is 1. The van der Waals surface area contributed by atoms with Crippen molar-refractivity contribution in [3.63, 3.8) is 0 Å². The number of hydrogen-bond acceptors (Lipinski definition) is 3. The lowest BCUT2D eigenvalue weighted by Gasteiger charge is -2.23. The molecule has 7 heteroatoms. The van der Waals surface area contributed by atoms with Gasteiger partial charge >= 0.3 is 12.0 Å². The van der Waals surface area contributed by atoms with Crippen LogP contribution >= 0.6 is 0 Å². The summed E-state index contributed by atoms with van der Waals surface area (Å²) in [5.74, 6) is -0.257. The minimum absolute atomic E-state index is 0.0487. The summed E-state index contributed by atoms with van der Waals surface area (Å²) in [4.78, 5) is 26.1. The summed E-state index contributed by atoms with van der Waals surface area (Å²) in [5.41, 5.74) is 2.24. The van der Waals surface area contributed by atoms with Gasteiger partial charge in [0.1, 0.15) is 0 Å². The molecule has 1 aliphatic heterocycles. The molecule has 0 radical (unpaired) electrons. The molecule has 0 spiro atoms. The number of aliphatic carboxylic acids is 1. The number of hydrogen-bond donors (Lipinski definition) is 2. The summed E-state index contributed by atoms with van der Waals surface area (Å²) >= 11 is 0. The number of fused-ring (bicyclic) bond motifs is 1. The zero-order valence-corrected chi connectivity index (χ0v) is 15.6. The molecule has 2 aromatic rings. The van der Waals surface area contributed by atoms with Gasteiger partial charge < -0.3 is 10.0 Å². The smallest absolute Gasteiger partial charge is 0.323 e. The first-order valence-electron chi connectivity index (χ1n) is 9.32. The molecule has 142 valence electrons. The van der Waals surface area contributed by atoms with E-state index in [2.05, 4.69) is 10.4 Å². The molecule has 4 rings (SSSR count). The lowest BCUT2D eigenvalue weighted by molar-refractivity contribution is -0.149. The number of likely N-dealkylation sites (tertiary alicyclic amines) is 1. The number of carbonyl (C=O) groups is 2. The van der Waals surface area contributed by atoms with Gasteiger partial charge in [-0.25, -0.2) is 9.48 Å². The van der Waals surface area contributed by atoms with E-state index >= 15 is 0 Å². The van der Waals surface area contributed by atoms with Crippen LogP contribution in [-0.4, -0.2) is 44.9 Å². The number of anilines is 1. The van der Waals surface area contributed by atoms with E-state index in [1.165, 1.54) is 5.56 Å². The fraction of sp³-hybridized carbons (Fsp3) is 0.450. The Morgan fingerprint density at radius 2 is 2.00 bits per heavy atom. The van der Waals surface area contributed by atoms with E-state index in [4.69, 9.17) is 0 Å². The second-order valence-electron chi connectivity index (χ2n) is 7.78. The predicted molar refractivity (Wildman–Crippen MR) is 101 cm³/mol. The molecule has 2 amide bonds. The van der Waals surface area contributed by atoms with Crippen molar-refractivity contribution >= 4 is 17.8 Å². The first kappa shape index (κ1) is 17.6. The predicted octanol–water partition coefficient (Wildman–Crippen LogP) is 3.21. The highest BCUT2D eigenvalue weighted by molar-refractivity contribution is 5.90. The van der Waals surface area contributed by atoms with Gasteiger partial charge in [0.2, 0.25) is 0 Å². The number of aryl methyl sites for hydroxylation is 2. The van der Waals surface area contributed by atoms with Crippen LogP contribution in [0.1, 0.15) is 30.5 Å². The third-order valence-electron chi connectivity index (χ3n) is 5.98. The summed E-state index contributed by atoms with van der Waals surface area (Å²) in [5, 5.41) is 17.0. The van der Waals surface area contributed by atoms with Gasteiger partial charge in [0.15, 0.2) is 5.82 Å². The van der Waals surface area contributed by atoms with Crippen LogP contribution in [0.3, 0.4) is 0 Å². The lowest BCUT2D eigenvalue weighted by Crippen LogP contribution is -2.38. The molecule has 1 aromatic carbocycles. The van der Waals surface area contributed by atoms with Crippen LogP contribution in [0.5, 0.6) is 0 Å². The Kier molecular flexibility index (Phi) is 4.17. The van der Waals surface area contributed by atoms with Crippen LogP contribution in [0.2, 0.25) is 0 Å². The molecular weight excluding hydrogens is 344 g/mol. The largest absolute Gasteiger partial charge is 0.481 e. The van der Waals surface area contributed by atoms with E-state index in [1.807, 2.05) is 44.2 Å². The molecule has 2 aliphatic rings.